The number of nitrogens with one attached hydrogen (secondary N) is 2. The van der Waals surface area contributed by atoms with Gasteiger partial charge in [0.25, 0.3) is 5.91 Å². The highest BCUT2D eigenvalue weighted by Crippen LogP contribution is 2.33. The van der Waals surface area contributed by atoms with Crippen LogP contribution in [0.25, 0.3) is 0 Å². The van der Waals surface area contributed by atoms with Gasteiger partial charge in [0.2, 0.25) is 17.7 Å². The van der Waals surface area contributed by atoms with Crippen LogP contribution in [0.4, 0.5) is 0 Å². The second-order valence-corrected chi connectivity index (χ2v) is 6.97. The van der Waals surface area contributed by atoms with Gasteiger partial charge in [-0.2, -0.15) is 0 Å². The maximum Gasteiger partial charge on any atom is 0.256 e. The van der Waals surface area contributed by atoms with Crippen molar-refractivity contribution < 1.29 is 19.1 Å². The summed E-state index contributed by atoms with van der Waals surface area (Å²) in [7, 11) is 3.06. The van der Waals surface area contributed by atoms with E-state index in [1.807, 2.05) is 4.90 Å². The maximum absolute atomic E-state index is 12.8. The van der Waals surface area contributed by atoms with Crippen LogP contribution in [-0.4, -0.2) is 47.8 Å². The molecular formula is C19H26N4O4. The van der Waals surface area contributed by atoms with Gasteiger partial charge in [-0.3, -0.25) is 14.4 Å². The van der Waals surface area contributed by atoms with Crippen LogP contribution in [0.2, 0.25) is 0 Å². The number of carbonyl (C=O) groups is 3. The van der Waals surface area contributed by atoms with Gasteiger partial charge < -0.3 is 20.3 Å². The zero-order valence-electron chi connectivity index (χ0n) is 15.8. The molecule has 8 heteroatoms. The molecule has 0 atom stereocenters. The van der Waals surface area contributed by atoms with E-state index in [0.29, 0.717) is 29.6 Å². The van der Waals surface area contributed by atoms with Crippen LogP contribution in [0.3, 0.4) is 0 Å². The monoisotopic (exact) mass is 374 g/mol. The van der Waals surface area contributed by atoms with E-state index in [1.54, 1.807) is 6.07 Å². The summed E-state index contributed by atoms with van der Waals surface area (Å²) in [6.07, 6.45) is 4.66. The molecular weight excluding hydrogens is 348 g/mol. The molecule has 0 bridgehead atoms. The maximum atomic E-state index is 12.8. The molecule has 0 unspecified atom stereocenters. The Balaban J connectivity index is 1.68. The van der Waals surface area contributed by atoms with E-state index in [-0.39, 0.29) is 37.1 Å². The van der Waals surface area contributed by atoms with Crippen molar-refractivity contribution in [2.75, 3.05) is 14.2 Å². The van der Waals surface area contributed by atoms with Gasteiger partial charge in [-0.1, -0.05) is 12.8 Å². The third kappa shape index (κ3) is 4.20. The molecule has 1 aromatic rings. The van der Waals surface area contributed by atoms with Crippen LogP contribution in [0, 0.1) is 0 Å². The summed E-state index contributed by atoms with van der Waals surface area (Å²) in [5.74, 6) is 0.0141. The van der Waals surface area contributed by atoms with Gasteiger partial charge in [-0.05, 0) is 18.9 Å². The van der Waals surface area contributed by atoms with Crippen molar-refractivity contribution in [1.29, 1.82) is 0 Å². The molecule has 27 heavy (non-hydrogen) atoms. The van der Waals surface area contributed by atoms with Crippen molar-refractivity contribution in [3.8, 4) is 5.88 Å². The highest BCUT2D eigenvalue weighted by molar-refractivity contribution is 5.98. The van der Waals surface area contributed by atoms with E-state index in [2.05, 4.69) is 15.6 Å². The third-order valence-electron chi connectivity index (χ3n) is 5.24. The first-order valence-corrected chi connectivity index (χ1v) is 9.38. The highest BCUT2D eigenvalue weighted by atomic mass is 16.5. The number of hydrogen-bond donors (Lipinski definition) is 2. The largest absolute Gasteiger partial charge is 0.481 e. The van der Waals surface area contributed by atoms with Crippen molar-refractivity contribution in [3.05, 3.63) is 22.9 Å². The van der Waals surface area contributed by atoms with Gasteiger partial charge in [-0.25, -0.2) is 4.98 Å². The third-order valence-corrected chi connectivity index (χ3v) is 5.24. The lowest BCUT2D eigenvalue weighted by molar-refractivity contribution is -0.126. The Hall–Kier alpha value is -2.64. The highest BCUT2D eigenvalue weighted by Gasteiger charge is 2.35. The minimum absolute atomic E-state index is 0.0132. The lowest BCUT2D eigenvalue weighted by Gasteiger charge is -2.22. The van der Waals surface area contributed by atoms with E-state index in [1.165, 1.54) is 14.2 Å². The fraction of sp³-hybridized carbons (Fsp3) is 0.579. The Morgan fingerprint density at radius 2 is 1.96 bits per heavy atom. The van der Waals surface area contributed by atoms with E-state index in [0.717, 1.165) is 31.4 Å². The smallest absolute Gasteiger partial charge is 0.256 e. The van der Waals surface area contributed by atoms with Gasteiger partial charge in [0.05, 0.1) is 24.9 Å². The van der Waals surface area contributed by atoms with Crippen molar-refractivity contribution in [1.82, 2.24) is 20.5 Å². The molecule has 3 rings (SSSR count). The second-order valence-electron chi connectivity index (χ2n) is 6.97. The molecule has 2 N–H and O–H groups in total. The fourth-order valence-electron chi connectivity index (χ4n) is 3.72. The van der Waals surface area contributed by atoms with Gasteiger partial charge in [0.1, 0.15) is 0 Å². The number of pyridine rings is 1. The first kappa shape index (κ1) is 19.1. The minimum atomic E-state index is -0.236. The standard InChI is InChI=1S/C19H26N4O4/c1-20-16(24)7-8-17(25)21-10-12-9-14-15(22-18(12)27-2)11-23(19(14)26)13-5-3-4-6-13/h9,13H,3-8,10-11H2,1-2H3,(H,20,24)(H,21,25). The number of fused-ring (bicyclic) bond motifs is 1. The average Bonchev–Trinajstić information content (AvgIpc) is 3.31. The summed E-state index contributed by atoms with van der Waals surface area (Å²) < 4.78 is 5.36. The summed E-state index contributed by atoms with van der Waals surface area (Å²) in [5, 5.41) is 5.24. The van der Waals surface area contributed by atoms with Gasteiger partial charge in [0, 0.05) is 38.0 Å². The fourth-order valence-corrected chi connectivity index (χ4v) is 3.72. The van der Waals surface area contributed by atoms with E-state index < -0.39 is 0 Å². The number of hydrogen-bond acceptors (Lipinski definition) is 5. The molecule has 0 aromatic carbocycles. The SMILES string of the molecule is CNC(=O)CCC(=O)NCc1cc2c(nc1OC)CN(C1CCCC1)C2=O. The van der Waals surface area contributed by atoms with E-state index in [9.17, 15) is 14.4 Å². The predicted octanol–water partition coefficient (Wildman–Crippen LogP) is 1.13. The number of carbonyl (C=O) groups excluding carboxylic acids is 3. The van der Waals surface area contributed by atoms with Crippen molar-refractivity contribution in [2.24, 2.45) is 0 Å². The number of aromatic nitrogens is 1. The topological polar surface area (TPSA) is 101 Å². The zero-order chi connectivity index (χ0) is 19.4. The lowest BCUT2D eigenvalue weighted by atomic mass is 10.1. The Labute approximate surface area is 158 Å². The molecule has 0 spiro atoms. The molecule has 1 aromatic heterocycles. The first-order chi connectivity index (χ1) is 13.0. The second kappa shape index (κ2) is 8.37. The van der Waals surface area contributed by atoms with Crippen LogP contribution in [-0.2, 0) is 22.7 Å². The van der Waals surface area contributed by atoms with Crippen molar-refractivity contribution in [3.63, 3.8) is 0 Å². The summed E-state index contributed by atoms with van der Waals surface area (Å²) in [6, 6.07) is 2.07. The molecule has 1 aliphatic heterocycles. The van der Waals surface area contributed by atoms with Crippen LogP contribution >= 0.6 is 0 Å². The molecule has 146 valence electrons. The van der Waals surface area contributed by atoms with Gasteiger partial charge >= 0.3 is 0 Å². The Morgan fingerprint density at radius 1 is 1.26 bits per heavy atom. The average molecular weight is 374 g/mol. The van der Waals surface area contributed by atoms with Crippen molar-refractivity contribution >= 4 is 17.7 Å². The van der Waals surface area contributed by atoms with Crippen LogP contribution in [0.1, 0.15) is 60.1 Å². The quantitative estimate of drug-likeness (QED) is 0.745. The van der Waals surface area contributed by atoms with E-state index in [4.69, 9.17) is 4.74 Å². The molecule has 3 amide bonds. The number of ether oxygens (including phenoxy) is 1. The van der Waals surface area contributed by atoms with Crippen LogP contribution in [0.15, 0.2) is 6.07 Å². The van der Waals surface area contributed by atoms with E-state index >= 15 is 0 Å². The molecule has 0 radical (unpaired) electrons. The summed E-state index contributed by atoms with van der Waals surface area (Å²) in [5.41, 5.74) is 1.99. The molecule has 1 fully saturated rings. The first-order valence-electron chi connectivity index (χ1n) is 9.38. The Kier molecular flexibility index (Phi) is 5.93. The molecule has 2 heterocycles. The number of rotatable bonds is 7. The van der Waals surface area contributed by atoms with Crippen LogP contribution < -0.4 is 15.4 Å². The molecule has 8 nitrogen and oxygen atoms in total. The molecule has 1 aliphatic carbocycles. The molecule has 2 aliphatic rings. The zero-order valence-corrected chi connectivity index (χ0v) is 15.8. The summed E-state index contributed by atoms with van der Waals surface area (Å²) in [4.78, 5) is 42.4. The summed E-state index contributed by atoms with van der Waals surface area (Å²) >= 11 is 0. The normalized spacial score (nSPS) is 16.4. The Bertz CT molecular complexity index is 743. The lowest BCUT2D eigenvalue weighted by Crippen LogP contribution is -2.33. The minimum Gasteiger partial charge on any atom is -0.481 e. The van der Waals surface area contributed by atoms with Gasteiger partial charge in [0.15, 0.2) is 0 Å². The summed E-state index contributed by atoms with van der Waals surface area (Å²) in [6.45, 7) is 0.723. The Morgan fingerprint density at radius 3 is 2.63 bits per heavy atom. The molecule has 0 saturated heterocycles. The number of amides is 3. The predicted molar refractivity (Wildman–Crippen MR) is 98.1 cm³/mol. The van der Waals surface area contributed by atoms with Gasteiger partial charge in [-0.15, -0.1) is 0 Å². The molecule has 1 saturated carbocycles. The number of nitrogens with zero attached hydrogens (tertiary/aromatic N) is 2. The van der Waals surface area contributed by atoms with Crippen molar-refractivity contribution in [2.45, 2.75) is 57.7 Å². The number of methoxy groups -OCH3 is 1. The van der Waals surface area contributed by atoms with Crippen LogP contribution in [0.5, 0.6) is 5.88 Å².